The number of fused-ring (bicyclic) bond motifs is 1. The van der Waals surface area contributed by atoms with E-state index < -0.39 is 0 Å². The van der Waals surface area contributed by atoms with Crippen molar-refractivity contribution in [1.29, 1.82) is 0 Å². The zero-order chi connectivity index (χ0) is 12.8. The van der Waals surface area contributed by atoms with E-state index in [4.69, 9.17) is 4.74 Å². The Bertz CT molecular complexity index is 417. The van der Waals surface area contributed by atoms with Gasteiger partial charge in [0.25, 0.3) is 0 Å². The smallest absolute Gasteiger partial charge is 0.198 e. The van der Waals surface area contributed by atoms with Gasteiger partial charge in [0.05, 0.1) is 6.61 Å². The van der Waals surface area contributed by atoms with Crippen LogP contribution in [0.4, 0.5) is 5.69 Å². The second-order valence-electron chi connectivity index (χ2n) is 4.20. The Morgan fingerprint density at radius 3 is 3.06 bits per heavy atom. The summed E-state index contributed by atoms with van der Waals surface area (Å²) in [4.78, 5) is 6.58. The van der Waals surface area contributed by atoms with Gasteiger partial charge >= 0.3 is 0 Å². The fourth-order valence-electron chi connectivity index (χ4n) is 2.23. The van der Waals surface area contributed by atoms with Crippen LogP contribution in [0.3, 0.4) is 0 Å². The molecule has 1 aliphatic heterocycles. The van der Waals surface area contributed by atoms with E-state index in [0.29, 0.717) is 6.61 Å². The molecule has 0 saturated heterocycles. The van der Waals surface area contributed by atoms with Gasteiger partial charge in [-0.05, 0) is 25.0 Å². The Morgan fingerprint density at radius 2 is 2.28 bits per heavy atom. The number of benzene rings is 1. The van der Waals surface area contributed by atoms with Crippen molar-refractivity contribution in [2.45, 2.75) is 13.3 Å². The number of hydrogen-bond acceptors (Lipinski definition) is 2. The number of ether oxygens (including phenoxy) is 1. The van der Waals surface area contributed by atoms with E-state index in [2.05, 4.69) is 39.5 Å². The highest BCUT2D eigenvalue weighted by atomic mass is 16.5. The van der Waals surface area contributed by atoms with E-state index in [0.717, 1.165) is 32.1 Å². The van der Waals surface area contributed by atoms with Gasteiger partial charge in [-0.3, -0.25) is 4.99 Å². The van der Waals surface area contributed by atoms with E-state index in [1.807, 2.05) is 14.0 Å². The minimum atomic E-state index is 0.713. The van der Waals surface area contributed by atoms with Gasteiger partial charge in [-0.2, -0.15) is 0 Å². The summed E-state index contributed by atoms with van der Waals surface area (Å²) in [6.45, 7) is 5.26. The van der Waals surface area contributed by atoms with Crippen LogP contribution in [0.2, 0.25) is 0 Å². The molecular formula is C14H21N3O. The maximum atomic E-state index is 5.32. The first-order valence-corrected chi connectivity index (χ1v) is 6.50. The normalized spacial score (nSPS) is 14.8. The average molecular weight is 247 g/mol. The molecule has 0 aliphatic carbocycles. The summed E-state index contributed by atoms with van der Waals surface area (Å²) < 4.78 is 5.32. The maximum Gasteiger partial charge on any atom is 0.198 e. The highest BCUT2D eigenvalue weighted by Gasteiger charge is 2.21. The first-order chi connectivity index (χ1) is 8.86. The number of rotatable bonds is 4. The van der Waals surface area contributed by atoms with Gasteiger partial charge in [-0.25, -0.2) is 0 Å². The van der Waals surface area contributed by atoms with Gasteiger partial charge < -0.3 is 15.0 Å². The third-order valence-corrected chi connectivity index (χ3v) is 3.09. The summed E-state index contributed by atoms with van der Waals surface area (Å²) in [7, 11) is 1.82. The van der Waals surface area contributed by atoms with Crippen LogP contribution in [-0.4, -0.2) is 39.3 Å². The molecule has 0 fully saturated rings. The van der Waals surface area contributed by atoms with Crippen molar-refractivity contribution >= 4 is 11.6 Å². The second kappa shape index (κ2) is 6.40. The minimum Gasteiger partial charge on any atom is -0.380 e. The summed E-state index contributed by atoms with van der Waals surface area (Å²) in [6, 6.07) is 8.50. The summed E-state index contributed by atoms with van der Waals surface area (Å²) in [5.74, 6) is 0.930. The third-order valence-electron chi connectivity index (χ3n) is 3.09. The molecule has 1 aliphatic rings. The summed E-state index contributed by atoms with van der Waals surface area (Å²) in [5, 5.41) is 3.34. The van der Waals surface area contributed by atoms with Crippen LogP contribution >= 0.6 is 0 Å². The molecule has 1 N–H and O–H groups in total. The SMILES string of the molecule is CCOCCNC(=NC)N1CCc2ccccc21. The first-order valence-electron chi connectivity index (χ1n) is 6.50. The van der Waals surface area contributed by atoms with Crippen LogP contribution < -0.4 is 10.2 Å². The highest BCUT2D eigenvalue weighted by Crippen LogP contribution is 2.27. The number of nitrogens with one attached hydrogen (secondary N) is 1. The molecule has 4 nitrogen and oxygen atoms in total. The maximum absolute atomic E-state index is 5.32. The molecule has 0 aromatic heterocycles. The lowest BCUT2D eigenvalue weighted by atomic mass is 10.2. The van der Waals surface area contributed by atoms with E-state index in [1.54, 1.807) is 0 Å². The highest BCUT2D eigenvalue weighted by molar-refractivity contribution is 5.97. The van der Waals surface area contributed by atoms with Gasteiger partial charge in [0, 0.05) is 32.4 Å². The van der Waals surface area contributed by atoms with Gasteiger partial charge in [0.2, 0.25) is 0 Å². The van der Waals surface area contributed by atoms with E-state index >= 15 is 0 Å². The molecule has 1 aromatic carbocycles. The number of guanidine groups is 1. The minimum absolute atomic E-state index is 0.713. The molecule has 1 aromatic rings. The van der Waals surface area contributed by atoms with Crippen molar-refractivity contribution in [3.8, 4) is 0 Å². The first kappa shape index (κ1) is 12.9. The van der Waals surface area contributed by atoms with Gasteiger partial charge in [0.15, 0.2) is 5.96 Å². The van der Waals surface area contributed by atoms with E-state index in [9.17, 15) is 0 Å². The molecule has 4 heteroatoms. The van der Waals surface area contributed by atoms with Crippen molar-refractivity contribution in [2.24, 2.45) is 4.99 Å². The molecular weight excluding hydrogens is 226 g/mol. The monoisotopic (exact) mass is 247 g/mol. The Morgan fingerprint density at radius 1 is 1.44 bits per heavy atom. The Labute approximate surface area is 109 Å². The molecule has 0 unspecified atom stereocenters. The summed E-state index contributed by atoms with van der Waals surface area (Å²) in [5.41, 5.74) is 2.66. The van der Waals surface area contributed by atoms with Crippen molar-refractivity contribution in [3.05, 3.63) is 29.8 Å². The molecule has 0 saturated carbocycles. The zero-order valence-corrected chi connectivity index (χ0v) is 11.1. The van der Waals surface area contributed by atoms with Crippen molar-refractivity contribution in [3.63, 3.8) is 0 Å². The molecule has 0 bridgehead atoms. The van der Waals surface area contributed by atoms with Gasteiger partial charge in [-0.15, -0.1) is 0 Å². The third kappa shape index (κ3) is 2.82. The topological polar surface area (TPSA) is 36.9 Å². The van der Waals surface area contributed by atoms with Crippen LogP contribution in [0, 0.1) is 0 Å². The predicted octanol–water partition coefficient (Wildman–Crippen LogP) is 1.66. The number of nitrogens with zero attached hydrogens (tertiary/aromatic N) is 2. The zero-order valence-electron chi connectivity index (χ0n) is 11.1. The van der Waals surface area contributed by atoms with Gasteiger partial charge in [0.1, 0.15) is 0 Å². The molecule has 98 valence electrons. The number of hydrogen-bond donors (Lipinski definition) is 1. The quantitative estimate of drug-likeness (QED) is 0.499. The summed E-state index contributed by atoms with van der Waals surface area (Å²) >= 11 is 0. The fraction of sp³-hybridized carbons (Fsp3) is 0.500. The van der Waals surface area contributed by atoms with Crippen LogP contribution in [0.25, 0.3) is 0 Å². The Hall–Kier alpha value is -1.55. The molecule has 0 amide bonds. The second-order valence-corrected chi connectivity index (χ2v) is 4.20. The fourth-order valence-corrected chi connectivity index (χ4v) is 2.23. The van der Waals surface area contributed by atoms with Crippen LogP contribution in [0.1, 0.15) is 12.5 Å². The van der Waals surface area contributed by atoms with Crippen LogP contribution in [0.5, 0.6) is 0 Å². The molecule has 0 atom stereocenters. The Balaban J connectivity index is 1.98. The van der Waals surface area contributed by atoms with Crippen LogP contribution in [-0.2, 0) is 11.2 Å². The lowest BCUT2D eigenvalue weighted by Gasteiger charge is -2.22. The Kier molecular flexibility index (Phi) is 4.59. The molecule has 0 radical (unpaired) electrons. The standard InChI is InChI=1S/C14H21N3O/c1-3-18-11-9-16-14(15-2)17-10-8-12-6-4-5-7-13(12)17/h4-7H,3,8-11H2,1-2H3,(H,15,16). The number of para-hydroxylation sites is 1. The van der Waals surface area contributed by atoms with Gasteiger partial charge in [-0.1, -0.05) is 18.2 Å². The van der Waals surface area contributed by atoms with Crippen LogP contribution in [0.15, 0.2) is 29.3 Å². The predicted molar refractivity (Wildman–Crippen MR) is 75.3 cm³/mol. The number of anilines is 1. The lowest BCUT2D eigenvalue weighted by Crippen LogP contribution is -2.41. The number of aliphatic imine (C=N–C) groups is 1. The molecule has 18 heavy (non-hydrogen) atoms. The average Bonchev–Trinajstić information content (AvgIpc) is 2.83. The van der Waals surface area contributed by atoms with Crippen molar-refractivity contribution in [2.75, 3.05) is 38.3 Å². The lowest BCUT2D eigenvalue weighted by molar-refractivity contribution is 0.152. The molecule has 2 rings (SSSR count). The molecule has 0 spiro atoms. The molecule has 1 heterocycles. The van der Waals surface area contributed by atoms with E-state index in [1.165, 1.54) is 11.3 Å². The largest absolute Gasteiger partial charge is 0.380 e. The van der Waals surface area contributed by atoms with E-state index in [-0.39, 0.29) is 0 Å². The summed E-state index contributed by atoms with van der Waals surface area (Å²) in [6.07, 6.45) is 1.09. The van der Waals surface area contributed by atoms with Crippen molar-refractivity contribution < 1.29 is 4.74 Å². The van der Waals surface area contributed by atoms with Crippen molar-refractivity contribution in [1.82, 2.24) is 5.32 Å².